The molecule has 3 nitrogen and oxygen atoms in total. The molecule has 0 atom stereocenters. The van der Waals surface area contributed by atoms with Gasteiger partial charge in [0.15, 0.2) is 0 Å². The molecule has 0 fully saturated rings. The van der Waals surface area contributed by atoms with E-state index >= 15 is 0 Å². The first-order valence-electron chi connectivity index (χ1n) is 5.74. The Morgan fingerprint density at radius 2 is 2.00 bits per heavy atom. The van der Waals surface area contributed by atoms with Crippen LogP contribution in [0, 0.1) is 6.92 Å². The first kappa shape index (κ1) is 12.7. The van der Waals surface area contributed by atoms with Gasteiger partial charge >= 0.3 is 0 Å². The summed E-state index contributed by atoms with van der Waals surface area (Å²) in [6.45, 7) is 7.02. The van der Waals surface area contributed by atoms with Gasteiger partial charge in [0.2, 0.25) is 0 Å². The van der Waals surface area contributed by atoms with Gasteiger partial charge in [-0.05, 0) is 38.7 Å². The van der Waals surface area contributed by atoms with Gasteiger partial charge in [-0.25, -0.2) is 4.98 Å². The number of fused-ring (bicyclic) bond motifs is 1. The molecule has 0 unspecified atom stereocenters. The summed E-state index contributed by atoms with van der Waals surface area (Å²) in [5, 5.41) is 0. The van der Waals surface area contributed by atoms with Crippen molar-refractivity contribution in [3.05, 3.63) is 35.8 Å². The lowest BCUT2D eigenvalue weighted by atomic mass is 10.2. The van der Waals surface area contributed by atoms with E-state index in [1.165, 1.54) is 11.3 Å². The molecule has 0 saturated heterocycles. The van der Waals surface area contributed by atoms with Crippen LogP contribution in [-0.4, -0.2) is 28.4 Å². The molecule has 0 aliphatic rings. The Balaban J connectivity index is 0.000000606. The van der Waals surface area contributed by atoms with Crippen molar-refractivity contribution in [1.29, 1.82) is 0 Å². The standard InChI is InChI=1S/C11H15N3.C2H6/c1-9-7-12-11-6-10(8-13(2)3)4-5-14(9)11;1-2/h4-7H,8H2,1-3H3;1-2H3. The number of aromatic nitrogens is 2. The summed E-state index contributed by atoms with van der Waals surface area (Å²) < 4.78 is 2.10. The third kappa shape index (κ3) is 2.83. The van der Waals surface area contributed by atoms with Gasteiger partial charge in [0, 0.05) is 24.6 Å². The van der Waals surface area contributed by atoms with E-state index in [9.17, 15) is 0 Å². The van der Waals surface area contributed by atoms with Gasteiger partial charge in [0.25, 0.3) is 0 Å². The summed E-state index contributed by atoms with van der Waals surface area (Å²) in [7, 11) is 4.14. The van der Waals surface area contributed by atoms with Crippen molar-refractivity contribution >= 4 is 5.65 Å². The van der Waals surface area contributed by atoms with Gasteiger partial charge in [-0.2, -0.15) is 0 Å². The van der Waals surface area contributed by atoms with Crippen LogP contribution in [0.3, 0.4) is 0 Å². The van der Waals surface area contributed by atoms with Crippen LogP contribution in [0.15, 0.2) is 24.5 Å². The van der Waals surface area contributed by atoms with Crippen LogP contribution >= 0.6 is 0 Å². The Hall–Kier alpha value is -1.35. The van der Waals surface area contributed by atoms with Gasteiger partial charge in [0.1, 0.15) is 5.65 Å². The van der Waals surface area contributed by atoms with E-state index in [2.05, 4.69) is 53.6 Å². The summed E-state index contributed by atoms with van der Waals surface area (Å²) in [5.41, 5.74) is 3.51. The number of rotatable bonds is 2. The van der Waals surface area contributed by atoms with Gasteiger partial charge in [0.05, 0.1) is 0 Å². The number of hydrogen-bond donors (Lipinski definition) is 0. The van der Waals surface area contributed by atoms with Crippen LogP contribution in [0.5, 0.6) is 0 Å². The highest BCUT2D eigenvalue weighted by atomic mass is 15.1. The monoisotopic (exact) mass is 219 g/mol. The predicted octanol–water partition coefficient (Wildman–Crippen LogP) is 2.73. The Morgan fingerprint density at radius 1 is 1.31 bits per heavy atom. The lowest BCUT2D eigenvalue weighted by Gasteiger charge is -2.09. The molecule has 2 rings (SSSR count). The normalized spacial score (nSPS) is 10.4. The second-order valence-electron chi connectivity index (χ2n) is 3.90. The van der Waals surface area contributed by atoms with Gasteiger partial charge < -0.3 is 9.30 Å². The van der Waals surface area contributed by atoms with Gasteiger partial charge in [-0.3, -0.25) is 0 Å². The van der Waals surface area contributed by atoms with Crippen LogP contribution in [-0.2, 0) is 6.54 Å². The van der Waals surface area contributed by atoms with Crippen molar-refractivity contribution in [2.75, 3.05) is 14.1 Å². The molecule has 0 N–H and O–H groups in total. The maximum absolute atomic E-state index is 4.33. The summed E-state index contributed by atoms with van der Waals surface area (Å²) in [6.07, 6.45) is 3.98. The fraction of sp³-hybridized carbons (Fsp3) is 0.462. The molecular formula is C13H21N3. The lowest BCUT2D eigenvalue weighted by molar-refractivity contribution is 0.402. The molecule has 0 amide bonds. The summed E-state index contributed by atoms with van der Waals surface area (Å²) in [4.78, 5) is 6.49. The van der Waals surface area contributed by atoms with E-state index in [0.29, 0.717) is 0 Å². The Morgan fingerprint density at radius 3 is 2.62 bits per heavy atom. The highest BCUT2D eigenvalue weighted by Crippen LogP contribution is 2.09. The lowest BCUT2D eigenvalue weighted by Crippen LogP contribution is -2.10. The van der Waals surface area contributed by atoms with E-state index in [1.54, 1.807) is 0 Å². The number of imidazole rings is 1. The molecule has 0 aliphatic carbocycles. The largest absolute Gasteiger partial charge is 0.305 e. The Labute approximate surface area is 97.7 Å². The number of pyridine rings is 1. The van der Waals surface area contributed by atoms with Crippen molar-refractivity contribution in [3.63, 3.8) is 0 Å². The average Bonchev–Trinajstić information content (AvgIpc) is 2.62. The average molecular weight is 219 g/mol. The molecule has 88 valence electrons. The summed E-state index contributed by atoms with van der Waals surface area (Å²) in [6, 6.07) is 4.27. The van der Waals surface area contributed by atoms with E-state index in [1.807, 2.05) is 20.0 Å². The molecule has 16 heavy (non-hydrogen) atoms. The zero-order valence-corrected chi connectivity index (χ0v) is 10.9. The molecule has 3 heteroatoms. The maximum atomic E-state index is 4.33. The molecule has 0 spiro atoms. The highest BCUT2D eigenvalue weighted by molar-refractivity contribution is 5.43. The third-order valence-corrected chi connectivity index (χ3v) is 2.26. The van der Waals surface area contributed by atoms with E-state index < -0.39 is 0 Å². The first-order chi connectivity index (χ1) is 7.66. The fourth-order valence-corrected chi connectivity index (χ4v) is 1.61. The van der Waals surface area contributed by atoms with Crippen molar-refractivity contribution in [1.82, 2.24) is 14.3 Å². The zero-order valence-electron chi connectivity index (χ0n) is 10.9. The van der Waals surface area contributed by atoms with Crippen LogP contribution in [0.25, 0.3) is 5.65 Å². The van der Waals surface area contributed by atoms with Crippen molar-refractivity contribution in [2.45, 2.75) is 27.3 Å². The first-order valence-corrected chi connectivity index (χ1v) is 5.74. The van der Waals surface area contributed by atoms with Crippen LogP contribution in [0.4, 0.5) is 0 Å². The highest BCUT2D eigenvalue weighted by Gasteiger charge is 2.00. The van der Waals surface area contributed by atoms with Crippen molar-refractivity contribution < 1.29 is 0 Å². The van der Waals surface area contributed by atoms with Crippen molar-refractivity contribution in [3.8, 4) is 0 Å². The van der Waals surface area contributed by atoms with E-state index in [0.717, 1.165) is 12.2 Å². The minimum absolute atomic E-state index is 0.961. The second kappa shape index (κ2) is 5.66. The molecule has 0 radical (unpaired) electrons. The quantitative estimate of drug-likeness (QED) is 0.774. The molecule has 2 aromatic heterocycles. The van der Waals surface area contributed by atoms with E-state index in [-0.39, 0.29) is 0 Å². The van der Waals surface area contributed by atoms with Crippen LogP contribution in [0.2, 0.25) is 0 Å². The zero-order chi connectivity index (χ0) is 12.1. The minimum atomic E-state index is 0.961. The SMILES string of the molecule is CC.Cc1cnc2cc(CN(C)C)ccn12. The van der Waals surface area contributed by atoms with Crippen molar-refractivity contribution in [2.24, 2.45) is 0 Å². The van der Waals surface area contributed by atoms with Gasteiger partial charge in [-0.15, -0.1) is 0 Å². The van der Waals surface area contributed by atoms with Crippen LogP contribution < -0.4 is 0 Å². The van der Waals surface area contributed by atoms with Crippen LogP contribution in [0.1, 0.15) is 25.1 Å². The summed E-state index contributed by atoms with van der Waals surface area (Å²) >= 11 is 0. The topological polar surface area (TPSA) is 20.5 Å². The molecule has 2 heterocycles. The maximum Gasteiger partial charge on any atom is 0.137 e. The molecule has 0 bridgehead atoms. The smallest absolute Gasteiger partial charge is 0.137 e. The molecule has 2 aromatic rings. The Kier molecular flexibility index (Phi) is 4.50. The van der Waals surface area contributed by atoms with Gasteiger partial charge in [-0.1, -0.05) is 13.8 Å². The third-order valence-electron chi connectivity index (χ3n) is 2.26. The second-order valence-corrected chi connectivity index (χ2v) is 3.90. The van der Waals surface area contributed by atoms with E-state index in [4.69, 9.17) is 0 Å². The number of hydrogen-bond acceptors (Lipinski definition) is 2. The predicted molar refractivity (Wildman–Crippen MR) is 68.7 cm³/mol. The molecule has 0 saturated carbocycles. The number of nitrogens with zero attached hydrogens (tertiary/aromatic N) is 3. The fourth-order valence-electron chi connectivity index (χ4n) is 1.61. The Bertz CT molecular complexity index is 443. The minimum Gasteiger partial charge on any atom is -0.305 e. The molecule has 0 aliphatic heterocycles. The summed E-state index contributed by atoms with van der Waals surface area (Å²) in [5.74, 6) is 0. The number of aryl methyl sites for hydroxylation is 1. The molecule has 0 aromatic carbocycles. The molecular weight excluding hydrogens is 198 g/mol.